The van der Waals surface area contributed by atoms with E-state index in [0.29, 0.717) is 22.8 Å². The molecule has 2 aromatic rings. The molecule has 1 aliphatic rings. The maximum atomic E-state index is 9.61. The Balaban J connectivity index is 1.93. The van der Waals surface area contributed by atoms with Crippen LogP contribution in [-0.2, 0) is 4.74 Å². The molecule has 1 saturated heterocycles. The molecule has 3 heterocycles. The normalized spacial score (nSPS) is 28.7. The predicted molar refractivity (Wildman–Crippen MR) is 61.4 cm³/mol. The SMILES string of the molecule is Nc1ncnc2nc([C@H]3C[C@@H](O)[C@H](O)CO3)[nH]c12. The number of H-pyrrole nitrogens is 1. The van der Waals surface area contributed by atoms with Gasteiger partial charge in [0.15, 0.2) is 11.5 Å². The van der Waals surface area contributed by atoms with Crippen LogP contribution in [0.4, 0.5) is 5.82 Å². The first-order chi connectivity index (χ1) is 8.65. The Bertz CT molecular complexity index is 572. The number of imidazole rings is 1. The number of hydrogen-bond donors (Lipinski definition) is 4. The lowest BCUT2D eigenvalue weighted by Gasteiger charge is -2.29. The number of nitrogens with zero attached hydrogens (tertiary/aromatic N) is 3. The summed E-state index contributed by atoms with van der Waals surface area (Å²) in [5.74, 6) is 0.846. The molecule has 18 heavy (non-hydrogen) atoms. The lowest BCUT2D eigenvalue weighted by atomic mass is 10.0. The van der Waals surface area contributed by atoms with Gasteiger partial charge in [0, 0.05) is 6.42 Å². The maximum Gasteiger partial charge on any atom is 0.183 e. The highest BCUT2D eigenvalue weighted by atomic mass is 16.5. The van der Waals surface area contributed by atoms with E-state index >= 15 is 0 Å². The number of aliphatic hydroxyl groups excluding tert-OH is 2. The molecular weight excluding hydrogens is 238 g/mol. The van der Waals surface area contributed by atoms with Crippen molar-refractivity contribution in [3.63, 3.8) is 0 Å². The molecule has 3 rings (SSSR count). The quantitative estimate of drug-likeness (QED) is 0.517. The van der Waals surface area contributed by atoms with Crippen LogP contribution in [0.2, 0.25) is 0 Å². The molecule has 96 valence electrons. The highest BCUT2D eigenvalue weighted by Crippen LogP contribution is 2.28. The summed E-state index contributed by atoms with van der Waals surface area (Å²) in [4.78, 5) is 15.1. The number of nitrogen functional groups attached to an aromatic ring is 1. The van der Waals surface area contributed by atoms with Gasteiger partial charge in [-0.05, 0) is 0 Å². The Morgan fingerprint density at radius 3 is 2.89 bits per heavy atom. The van der Waals surface area contributed by atoms with Crippen molar-refractivity contribution in [3.05, 3.63) is 12.2 Å². The standard InChI is InChI=1S/C10H13N5O3/c11-8-7-10(13-3-12-8)15-9(14-7)6-1-4(16)5(17)2-18-6/h3-6,16-17H,1-2H2,(H3,11,12,13,14,15)/t4-,5-,6-/m1/s1. The minimum Gasteiger partial charge on any atom is -0.390 e. The summed E-state index contributed by atoms with van der Waals surface area (Å²) in [6.07, 6.45) is -0.468. The molecule has 0 aromatic carbocycles. The van der Waals surface area contributed by atoms with E-state index in [1.807, 2.05) is 0 Å². The van der Waals surface area contributed by atoms with Gasteiger partial charge in [-0.1, -0.05) is 0 Å². The highest BCUT2D eigenvalue weighted by Gasteiger charge is 2.31. The first-order valence-corrected chi connectivity index (χ1v) is 5.59. The van der Waals surface area contributed by atoms with Crippen LogP contribution in [0.15, 0.2) is 6.33 Å². The average molecular weight is 251 g/mol. The molecule has 2 aromatic heterocycles. The van der Waals surface area contributed by atoms with Crippen LogP contribution in [0.3, 0.4) is 0 Å². The average Bonchev–Trinajstić information content (AvgIpc) is 2.78. The van der Waals surface area contributed by atoms with Crippen molar-refractivity contribution in [2.45, 2.75) is 24.7 Å². The molecule has 0 amide bonds. The number of rotatable bonds is 1. The number of aromatic amines is 1. The second-order valence-electron chi connectivity index (χ2n) is 4.27. The van der Waals surface area contributed by atoms with Gasteiger partial charge in [-0.25, -0.2) is 15.0 Å². The Morgan fingerprint density at radius 1 is 1.33 bits per heavy atom. The Hall–Kier alpha value is -1.77. The zero-order valence-electron chi connectivity index (χ0n) is 9.45. The van der Waals surface area contributed by atoms with Crippen molar-refractivity contribution >= 4 is 17.0 Å². The van der Waals surface area contributed by atoms with Crippen molar-refractivity contribution in [1.29, 1.82) is 0 Å². The van der Waals surface area contributed by atoms with Gasteiger partial charge in [-0.3, -0.25) is 0 Å². The topological polar surface area (TPSA) is 130 Å². The number of nitrogens with two attached hydrogens (primary N) is 1. The van der Waals surface area contributed by atoms with E-state index < -0.39 is 18.3 Å². The molecule has 0 saturated carbocycles. The van der Waals surface area contributed by atoms with Crippen molar-refractivity contribution in [2.75, 3.05) is 12.3 Å². The number of aromatic nitrogens is 4. The summed E-state index contributed by atoms with van der Waals surface area (Å²) in [5.41, 5.74) is 6.71. The fourth-order valence-electron chi connectivity index (χ4n) is 1.98. The van der Waals surface area contributed by atoms with Crippen molar-refractivity contribution in [2.24, 2.45) is 0 Å². The number of aliphatic hydroxyl groups is 2. The highest BCUT2D eigenvalue weighted by molar-refractivity contribution is 5.81. The molecule has 8 nitrogen and oxygen atoms in total. The van der Waals surface area contributed by atoms with Gasteiger partial charge in [0.05, 0.1) is 12.7 Å². The second-order valence-corrected chi connectivity index (χ2v) is 4.27. The minimum absolute atomic E-state index is 0.0735. The van der Waals surface area contributed by atoms with E-state index in [0.717, 1.165) is 0 Å². The fourth-order valence-corrected chi connectivity index (χ4v) is 1.98. The number of nitrogens with one attached hydrogen (secondary N) is 1. The summed E-state index contributed by atoms with van der Waals surface area (Å²) in [6, 6.07) is 0. The van der Waals surface area contributed by atoms with Gasteiger partial charge in [-0.2, -0.15) is 0 Å². The Morgan fingerprint density at radius 2 is 2.17 bits per heavy atom. The van der Waals surface area contributed by atoms with Crippen LogP contribution in [0.5, 0.6) is 0 Å². The number of ether oxygens (including phenoxy) is 1. The first-order valence-electron chi connectivity index (χ1n) is 5.59. The minimum atomic E-state index is -0.851. The number of fused-ring (bicyclic) bond motifs is 1. The molecule has 1 fully saturated rings. The molecule has 5 N–H and O–H groups in total. The largest absolute Gasteiger partial charge is 0.390 e. The lowest BCUT2D eigenvalue weighted by Crippen LogP contribution is -2.38. The summed E-state index contributed by atoms with van der Waals surface area (Å²) in [7, 11) is 0. The maximum absolute atomic E-state index is 9.61. The van der Waals surface area contributed by atoms with Gasteiger partial charge >= 0.3 is 0 Å². The Kier molecular flexibility index (Phi) is 2.62. The molecule has 3 atom stereocenters. The lowest BCUT2D eigenvalue weighted by molar-refractivity contribution is -0.124. The molecule has 1 aliphatic heterocycles. The number of hydrogen-bond acceptors (Lipinski definition) is 7. The molecular formula is C10H13N5O3. The van der Waals surface area contributed by atoms with E-state index in [1.165, 1.54) is 6.33 Å². The molecule has 0 radical (unpaired) electrons. The molecule has 0 aliphatic carbocycles. The van der Waals surface area contributed by atoms with Gasteiger partial charge < -0.3 is 25.7 Å². The molecule has 0 unspecified atom stereocenters. The van der Waals surface area contributed by atoms with Gasteiger partial charge in [0.25, 0.3) is 0 Å². The summed E-state index contributed by atoms with van der Waals surface area (Å²) in [6.45, 7) is 0.0735. The zero-order chi connectivity index (χ0) is 12.7. The summed E-state index contributed by atoms with van der Waals surface area (Å²) >= 11 is 0. The Labute approximate surface area is 102 Å². The van der Waals surface area contributed by atoms with Gasteiger partial charge in [0.1, 0.15) is 29.9 Å². The third-order valence-corrected chi connectivity index (χ3v) is 3.01. The van der Waals surface area contributed by atoms with Crippen molar-refractivity contribution in [1.82, 2.24) is 19.9 Å². The van der Waals surface area contributed by atoms with E-state index in [9.17, 15) is 10.2 Å². The molecule has 0 bridgehead atoms. The monoisotopic (exact) mass is 251 g/mol. The summed E-state index contributed by atoms with van der Waals surface area (Å²) < 4.78 is 5.42. The van der Waals surface area contributed by atoms with Gasteiger partial charge in [0.2, 0.25) is 0 Å². The van der Waals surface area contributed by atoms with E-state index in [-0.39, 0.29) is 13.0 Å². The number of anilines is 1. The van der Waals surface area contributed by atoms with Crippen molar-refractivity contribution < 1.29 is 14.9 Å². The summed E-state index contributed by atoms with van der Waals surface area (Å²) in [5, 5.41) is 19.0. The third kappa shape index (κ3) is 1.80. The van der Waals surface area contributed by atoms with Gasteiger partial charge in [-0.15, -0.1) is 0 Å². The third-order valence-electron chi connectivity index (χ3n) is 3.01. The van der Waals surface area contributed by atoms with Crippen LogP contribution in [-0.4, -0.2) is 49.0 Å². The van der Waals surface area contributed by atoms with Crippen LogP contribution in [0.25, 0.3) is 11.2 Å². The molecule has 8 heteroatoms. The zero-order valence-corrected chi connectivity index (χ0v) is 9.45. The smallest absolute Gasteiger partial charge is 0.183 e. The van der Waals surface area contributed by atoms with Crippen molar-refractivity contribution in [3.8, 4) is 0 Å². The van der Waals surface area contributed by atoms with E-state index in [4.69, 9.17) is 10.5 Å². The van der Waals surface area contributed by atoms with Crippen LogP contribution in [0.1, 0.15) is 18.3 Å². The first kappa shape index (κ1) is 11.3. The van der Waals surface area contributed by atoms with Crippen LogP contribution >= 0.6 is 0 Å². The van der Waals surface area contributed by atoms with E-state index in [1.54, 1.807) is 0 Å². The fraction of sp³-hybridized carbons (Fsp3) is 0.500. The predicted octanol–water partition coefficient (Wildman–Crippen LogP) is -0.882. The van der Waals surface area contributed by atoms with E-state index in [2.05, 4.69) is 19.9 Å². The second kappa shape index (κ2) is 4.16. The van der Waals surface area contributed by atoms with Crippen LogP contribution in [0, 0.1) is 0 Å². The van der Waals surface area contributed by atoms with Crippen LogP contribution < -0.4 is 5.73 Å². The molecule has 0 spiro atoms.